The molecule has 6 nitrogen and oxygen atoms in total. The van der Waals surface area contributed by atoms with Crippen LogP contribution in [-0.4, -0.2) is 42.7 Å². The summed E-state index contributed by atoms with van der Waals surface area (Å²) in [5, 5.41) is 0. The van der Waals surface area contributed by atoms with E-state index in [0.29, 0.717) is 0 Å². The van der Waals surface area contributed by atoms with Gasteiger partial charge in [-0.1, -0.05) is 26.7 Å². The number of hydrogen-bond acceptors (Lipinski definition) is 6. The molecule has 3 aromatic carbocycles. The summed E-state index contributed by atoms with van der Waals surface area (Å²) in [6.07, 6.45) is 3.72. The van der Waals surface area contributed by atoms with Gasteiger partial charge in [0.15, 0.2) is 34.5 Å². The average Bonchev–Trinajstić information content (AvgIpc) is 2.96. The topological polar surface area (TPSA) is 55.4 Å². The Morgan fingerprint density at radius 2 is 0.579 bits per heavy atom. The molecular formula is C32H38O6. The van der Waals surface area contributed by atoms with Crippen molar-refractivity contribution >= 4 is 0 Å². The minimum atomic E-state index is -0.455. The largest absolute Gasteiger partial charge is 0.493 e. The van der Waals surface area contributed by atoms with Crippen molar-refractivity contribution < 1.29 is 28.4 Å². The first-order valence-corrected chi connectivity index (χ1v) is 13.3. The molecule has 0 saturated carbocycles. The van der Waals surface area contributed by atoms with Crippen LogP contribution < -0.4 is 28.4 Å². The van der Waals surface area contributed by atoms with E-state index in [-0.39, 0.29) is 0 Å². The van der Waals surface area contributed by atoms with Gasteiger partial charge in [-0.05, 0) is 82.6 Å². The first kappa shape index (κ1) is 26.1. The highest BCUT2D eigenvalue weighted by atomic mass is 16.5. The quantitative estimate of drug-likeness (QED) is 0.300. The number of methoxy groups -OCH3 is 6. The molecule has 38 heavy (non-hydrogen) atoms. The molecule has 3 aliphatic rings. The number of rotatable bonds is 10. The van der Waals surface area contributed by atoms with Crippen molar-refractivity contribution in [3.05, 3.63) is 69.8 Å². The fourth-order valence-corrected chi connectivity index (χ4v) is 7.18. The number of hydrogen-bond donors (Lipinski definition) is 0. The normalized spacial score (nSPS) is 20.2. The fourth-order valence-electron chi connectivity index (χ4n) is 7.18. The zero-order valence-electron chi connectivity index (χ0n) is 23.7. The standard InChI is InChI=1S/C32H38O6/c1-9-11-31-19-13-25(33-3)28(36-6)16-22(19)32(12-10-2,23-17-29(37-7)26(34-4)14-20(23)31)24-18-30(38-8)27(35-5)15-21(24)31/h13-18H,9-12H2,1-8H3. The lowest BCUT2D eigenvalue weighted by atomic mass is 9.45. The Bertz CT molecular complexity index is 1120. The molecule has 0 unspecified atom stereocenters. The highest BCUT2D eigenvalue weighted by molar-refractivity contribution is 5.79. The molecule has 202 valence electrons. The molecule has 0 saturated heterocycles. The van der Waals surface area contributed by atoms with Crippen molar-refractivity contribution in [2.24, 2.45) is 0 Å². The van der Waals surface area contributed by atoms with Gasteiger partial charge in [-0.3, -0.25) is 0 Å². The lowest BCUT2D eigenvalue weighted by Gasteiger charge is -2.57. The van der Waals surface area contributed by atoms with Gasteiger partial charge in [0, 0.05) is 10.8 Å². The van der Waals surface area contributed by atoms with E-state index in [2.05, 4.69) is 50.2 Å². The van der Waals surface area contributed by atoms with E-state index >= 15 is 0 Å². The van der Waals surface area contributed by atoms with E-state index in [1.54, 1.807) is 42.7 Å². The van der Waals surface area contributed by atoms with Crippen molar-refractivity contribution in [3.63, 3.8) is 0 Å². The van der Waals surface area contributed by atoms with E-state index in [9.17, 15) is 0 Å². The summed E-state index contributed by atoms with van der Waals surface area (Å²) in [5.41, 5.74) is 6.53. The summed E-state index contributed by atoms with van der Waals surface area (Å²) < 4.78 is 35.1. The highest BCUT2D eigenvalue weighted by Crippen LogP contribution is 2.67. The van der Waals surface area contributed by atoms with Crippen LogP contribution in [0.5, 0.6) is 34.5 Å². The zero-order valence-corrected chi connectivity index (χ0v) is 23.7. The van der Waals surface area contributed by atoms with Crippen LogP contribution in [0.1, 0.15) is 72.9 Å². The molecule has 0 aromatic heterocycles. The molecule has 3 aromatic rings. The first-order valence-electron chi connectivity index (χ1n) is 13.3. The molecular weight excluding hydrogens is 480 g/mol. The average molecular weight is 519 g/mol. The van der Waals surface area contributed by atoms with Crippen LogP contribution >= 0.6 is 0 Å². The van der Waals surface area contributed by atoms with Crippen LogP contribution in [-0.2, 0) is 10.8 Å². The van der Waals surface area contributed by atoms with Crippen molar-refractivity contribution in [2.45, 2.75) is 50.4 Å². The van der Waals surface area contributed by atoms with Crippen LogP contribution in [0.4, 0.5) is 0 Å². The Morgan fingerprint density at radius 1 is 0.395 bits per heavy atom. The van der Waals surface area contributed by atoms with Gasteiger partial charge in [-0.25, -0.2) is 0 Å². The second-order valence-corrected chi connectivity index (χ2v) is 10.1. The highest BCUT2D eigenvalue weighted by Gasteiger charge is 2.59. The third-order valence-corrected chi connectivity index (χ3v) is 8.58. The van der Waals surface area contributed by atoms with Gasteiger partial charge < -0.3 is 28.4 Å². The zero-order chi connectivity index (χ0) is 27.2. The maximum Gasteiger partial charge on any atom is 0.161 e. The number of benzene rings is 3. The van der Waals surface area contributed by atoms with Crippen LogP contribution in [0.25, 0.3) is 0 Å². The van der Waals surface area contributed by atoms with Crippen LogP contribution in [0.2, 0.25) is 0 Å². The molecule has 3 aliphatic carbocycles. The molecule has 0 heterocycles. The van der Waals surface area contributed by atoms with Gasteiger partial charge in [0.25, 0.3) is 0 Å². The van der Waals surface area contributed by atoms with Crippen molar-refractivity contribution in [2.75, 3.05) is 42.7 Å². The summed E-state index contributed by atoms with van der Waals surface area (Å²) in [6.45, 7) is 4.47. The third kappa shape index (κ3) is 3.18. The Morgan fingerprint density at radius 3 is 0.711 bits per heavy atom. The minimum absolute atomic E-state index is 0.455. The smallest absolute Gasteiger partial charge is 0.161 e. The maximum atomic E-state index is 5.85. The SMILES string of the molecule is CCCC12c3cc(OC)c(OC)cc3C(CCC)(c3cc(OC)c(OC)cc31)c1cc(OC)c(OC)cc12. The lowest BCUT2D eigenvalue weighted by molar-refractivity contribution is 0.335. The molecule has 0 aliphatic heterocycles. The Kier molecular flexibility index (Phi) is 6.62. The summed E-state index contributed by atoms with van der Waals surface area (Å²) in [5.74, 6) is 4.36. The van der Waals surface area contributed by atoms with Crippen molar-refractivity contribution in [1.29, 1.82) is 0 Å². The Balaban J connectivity index is 2.05. The van der Waals surface area contributed by atoms with Gasteiger partial charge >= 0.3 is 0 Å². The van der Waals surface area contributed by atoms with E-state index in [0.717, 1.165) is 60.2 Å². The Labute approximate surface area is 225 Å². The van der Waals surface area contributed by atoms with Crippen molar-refractivity contribution in [1.82, 2.24) is 0 Å². The van der Waals surface area contributed by atoms with Crippen molar-refractivity contribution in [3.8, 4) is 34.5 Å². The molecule has 0 radical (unpaired) electrons. The molecule has 2 bridgehead atoms. The second kappa shape index (κ2) is 9.64. The summed E-state index contributed by atoms with van der Waals surface area (Å²) in [7, 11) is 10.2. The third-order valence-electron chi connectivity index (χ3n) is 8.58. The van der Waals surface area contributed by atoms with Gasteiger partial charge in [0.05, 0.1) is 42.7 Å². The first-order chi connectivity index (χ1) is 18.4. The van der Waals surface area contributed by atoms with Crippen LogP contribution in [0, 0.1) is 0 Å². The van der Waals surface area contributed by atoms with Crippen LogP contribution in [0.3, 0.4) is 0 Å². The lowest BCUT2D eigenvalue weighted by Crippen LogP contribution is -2.51. The van der Waals surface area contributed by atoms with Gasteiger partial charge in [0.2, 0.25) is 0 Å². The predicted octanol–water partition coefficient (Wildman–Crippen LogP) is 6.63. The molecule has 0 amide bonds. The minimum Gasteiger partial charge on any atom is -0.493 e. The molecule has 0 fully saturated rings. The van der Waals surface area contributed by atoms with E-state index in [1.807, 2.05) is 0 Å². The predicted molar refractivity (Wildman–Crippen MR) is 148 cm³/mol. The van der Waals surface area contributed by atoms with Crippen LogP contribution in [0.15, 0.2) is 36.4 Å². The summed E-state index contributed by atoms with van der Waals surface area (Å²) in [4.78, 5) is 0. The second-order valence-electron chi connectivity index (χ2n) is 10.1. The van der Waals surface area contributed by atoms with E-state index < -0.39 is 10.8 Å². The van der Waals surface area contributed by atoms with Gasteiger partial charge in [0.1, 0.15) is 0 Å². The summed E-state index contributed by atoms with van der Waals surface area (Å²) in [6, 6.07) is 13.1. The molecule has 0 N–H and O–H groups in total. The molecule has 0 atom stereocenters. The fraction of sp³-hybridized carbons (Fsp3) is 0.438. The monoisotopic (exact) mass is 518 g/mol. The molecule has 6 heteroatoms. The van der Waals surface area contributed by atoms with Gasteiger partial charge in [-0.15, -0.1) is 0 Å². The maximum absolute atomic E-state index is 5.85. The van der Waals surface area contributed by atoms with E-state index in [1.165, 1.54) is 33.4 Å². The Hall–Kier alpha value is -3.54. The van der Waals surface area contributed by atoms with E-state index in [4.69, 9.17) is 28.4 Å². The number of ether oxygens (including phenoxy) is 6. The molecule has 0 spiro atoms. The van der Waals surface area contributed by atoms with Gasteiger partial charge in [-0.2, -0.15) is 0 Å². The summed E-state index contributed by atoms with van der Waals surface area (Å²) >= 11 is 0. The molecule has 6 rings (SSSR count).